The van der Waals surface area contributed by atoms with E-state index in [-0.39, 0.29) is 29.6 Å². The molecular formula is C17H24ClF2N3O3. The number of nitrogens with zero attached hydrogens (tertiary/aromatic N) is 2. The number of para-hydroxylation sites is 1. The van der Waals surface area contributed by atoms with E-state index in [1.165, 1.54) is 23.1 Å². The predicted octanol–water partition coefficient (Wildman–Crippen LogP) is 1.99. The third-order valence-corrected chi connectivity index (χ3v) is 4.21. The number of halogens is 3. The summed E-state index contributed by atoms with van der Waals surface area (Å²) in [5.74, 6) is -0.786. The summed E-state index contributed by atoms with van der Waals surface area (Å²) >= 11 is 0. The van der Waals surface area contributed by atoms with Crippen molar-refractivity contribution in [2.75, 3.05) is 33.7 Å². The largest absolute Gasteiger partial charge is 0.434 e. The molecule has 1 aromatic rings. The molecule has 1 aliphatic heterocycles. The van der Waals surface area contributed by atoms with Gasteiger partial charge in [0.25, 0.3) is 5.91 Å². The van der Waals surface area contributed by atoms with Crippen molar-refractivity contribution in [1.82, 2.24) is 15.1 Å². The van der Waals surface area contributed by atoms with Crippen molar-refractivity contribution in [2.45, 2.75) is 25.5 Å². The number of hydrogen-bond donors (Lipinski definition) is 1. The molecule has 0 aromatic heterocycles. The molecule has 146 valence electrons. The van der Waals surface area contributed by atoms with Crippen molar-refractivity contribution in [2.24, 2.45) is 0 Å². The molecule has 26 heavy (non-hydrogen) atoms. The van der Waals surface area contributed by atoms with Crippen LogP contribution in [0.1, 0.15) is 23.2 Å². The lowest BCUT2D eigenvalue weighted by Gasteiger charge is -2.28. The summed E-state index contributed by atoms with van der Waals surface area (Å²) in [7, 11) is 3.48. The molecule has 2 amide bonds. The summed E-state index contributed by atoms with van der Waals surface area (Å²) in [6.07, 6.45) is 1.26. The molecule has 1 unspecified atom stereocenters. The second kappa shape index (κ2) is 10.3. The minimum Gasteiger partial charge on any atom is -0.434 e. The molecule has 1 fully saturated rings. The summed E-state index contributed by atoms with van der Waals surface area (Å²) < 4.78 is 29.6. The van der Waals surface area contributed by atoms with E-state index < -0.39 is 18.6 Å². The van der Waals surface area contributed by atoms with Crippen LogP contribution in [0, 0.1) is 0 Å². The lowest BCUT2D eigenvalue weighted by atomic mass is 10.1. The number of alkyl halides is 2. The van der Waals surface area contributed by atoms with Crippen molar-refractivity contribution in [3.63, 3.8) is 0 Å². The zero-order valence-corrected chi connectivity index (χ0v) is 15.6. The van der Waals surface area contributed by atoms with Gasteiger partial charge in [-0.15, -0.1) is 12.4 Å². The molecule has 0 saturated carbocycles. The second-order valence-electron chi connectivity index (χ2n) is 5.89. The number of carbonyl (C=O) groups is 2. The van der Waals surface area contributed by atoms with Gasteiger partial charge in [-0.25, -0.2) is 0 Å². The highest BCUT2D eigenvalue weighted by atomic mass is 35.5. The molecule has 1 aliphatic rings. The zero-order chi connectivity index (χ0) is 18.4. The Balaban J connectivity index is 0.00000338. The van der Waals surface area contributed by atoms with Crippen LogP contribution in [0.15, 0.2) is 24.3 Å². The number of amides is 2. The Morgan fingerprint density at radius 2 is 2.08 bits per heavy atom. The summed E-state index contributed by atoms with van der Waals surface area (Å²) in [4.78, 5) is 28.5. The van der Waals surface area contributed by atoms with Crippen LogP contribution < -0.4 is 10.1 Å². The number of hydrogen-bond acceptors (Lipinski definition) is 4. The van der Waals surface area contributed by atoms with Gasteiger partial charge < -0.3 is 19.9 Å². The molecule has 0 radical (unpaired) electrons. The minimum absolute atomic E-state index is 0. The van der Waals surface area contributed by atoms with Crippen LogP contribution in [0.4, 0.5) is 8.78 Å². The molecule has 1 N–H and O–H groups in total. The molecule has 6 nitrogen and oxygen atoms in total. The number of carbonyl (C=O) groups excluding carboxylic acids is 2. The highest BCUT2D eigenvalue weighted by molar-refractivity contribution is 6.00. The molecule has 0 spiro atoms. The summed E-state index contributed by atoms with van der Waals surface area (Å²) in [6, 6.07) is 5.29. The van der Waals surface area contributed by atoms with E-state index in [0.717, 1.165) is 0 Å². The highest BCUT2D eigenvalue weighted by Crippen LogP contribution is 2.27. The molecular weight excluding hydrogens is 368 g/mol. The number of benzene rings is 1. The zero-order valence-electron chi connectivity index (χ0n) is 14.8. The van der Waals surface area contributed by atoms with Crippen LogP contribution in [0.3, 0.4) is 0 Å². The van der Waals surface area contributed by atoms with Crippen LogP contribution >= 0.6 is 12.4 Å². The van der Waals surface area contributed by atoms with Crippen molar-refractivity contribution in [3.05, 3.63) is 29.8 Å². The van der Waals surface area contributed by atoms with E-state index in [1.54, 1.807) is 25.1 Å². The van der Waals surface area contributed by atoms with E-state index in [1.807, 2.05) is 0 Å². The fourth-order valence-electron chi connectivity index (χ4n) is 2.91. The van der Waals surface area contributed by atoms with Gasteiger partial charge in [-0.3, -0.25) is 9.59 Å². The van der Waals surface area contributed by atoms with Crippen molar-refractivity contribution in [1.29, 1.82) is 0 Å². The van der Waals surface area contributed by atoms with Gasteiger partial charge >= 0.3 is 6.61 Å². The lowest BCUT2D eigenvalue weighted by molar-refractivity contribution is -0.133. The van der Waals surface area contributed by atoms with Crippen LogP contribution in [0.25, 0.3) is 0 Å². The summed E-state index contributed by atoms with van der Waals surface area (Å²) in [5.41, 5.74) is 0.0420. The van der Waals surface area contributed by atoms with Gasteiger partial charge in [-0.1, -0.05) is 12.1 Å². The van der Waals surface area contributed by atoms with Crippen LogP contribution in [0.2, 0.25) is 0 Å². The van der Waals surface area contributed by atoms with E-state index >= 15 is 0 Å². The Hall–Kier alpha value is -1.93. The maximum absolute atomic E-state index is 12.8. The summed E-state index contributed by atoms with van der Waals surface area (Å²) in [6.45, 7) is -1.43. The highest BCUT2D eigenvalue weighted by Gasteiger charge is 2.36. The van der Waals surface area contributed by atoms with Gasteiger partial charge in [0.1, 0.15) is 11.8 Å². The Bertz CT molecular complexity index is 619. The van der Waals surface area contributed by atoms with Crippen molar-refractivity contribution in [3.8, 4) is 5.75 Å². The van der Waals surface area contributed by atoms with Gasteiger partial charge in [0, 0.05) is 26.7 Å². The van der Waals surface area contributed by atoms with Crippen LogP contribution in [-0.2, 0) is 4.79 Å². The molecule has 2 rings (SSSR count). The average Bonchev–Trinajstić information content (AvgIpc) is 3.08. The standard InChI is InChI=1S/C17H23F2N3O3.ClH/c1-20-9-11-21(2)16(24)13-7-5-10-22(13)15(23)12-6-3-4-8-14(12)25-17(18)19;/h3-4,6,8,13,17,20H,5,7,9-11H2,1-2H3;1H. The maximum atomic E-state index is 12.8. The van der Waals surface area contributed by atoms with Crippen LogP contribution in [-0.4, -0.2) is 68.0 Å². The molecule has 1 heterocycles. The maximum Gasteiger partial charge on any atom is 0.387 e. The first kappa shape index (κ1) is 22.1. The average molecular weight is 392 g/mol. The first-order chi connectivity index (χ1) is 12.0. The minimum atomic E-state index is -3.02. The first-order valence-electron chi connectivity index (χ1n) is 8.20. The predicted molar refractivity (Wildman–Crippen MR) is 95.9 cm³/mol. The number of rotatable bonds is 7. The second-order valence-corrected chi connectivity index (χ2v) is 5.89. The smallest absolute Gasteiger partial charge is 0.387 e. The van der Waals surface area contributed by atoms with Gasteiger partial charge in [-0.2, -0.15) is 8.78 Å². The Morgan fingerprint density at radius 1 is 1.38 bits per heavy atom. The first-order valence-corrected chi connectivity index (χ1v) is 8.20. The normalized spacial score (nSPS) is 16.3. The van der Waals surface area contributed by atoms with Gasteiger partial charge in [-0.05, 0) is 32.0 Å². The fourth-order valence-corrected chi connectivity index (χ4v) is 2.91. The lowest BCUT2D eigenvalue weighted by Crippen LogP contribution is -2.47. The fraction of sp³-hybridized carbons (Fsp3) is 0.529. The third-order valence-electron chi connectivity index (χ3n) is 4.21. The Morgan fingerprint density at radius 3 is 2.73 bits per heavy atom. The number of likely N-dealkylation sites (tertiary alicyclic amines) is 1. The monoisotopic (exact) mass is 391 g/mol. The molecule has 1 saturated heterocycles. The van der Waals surface area contributed by atoms with E-state index in [2.05, 4.69) is 10.1 Å². The van der Waals surface area contributed by atoms with Crippen molar-refractivity contribution < 1.29 is 23.1 Å². The molecule has 1 aromatic carbocycles. The van der Waals surface area contributed by atoms with Crippen LogP contribution in [0.5, 0.6) is 5.75 Å². The van der Waals surface area contributed by atoms with Crippen molar-refractivity contribution >= 4 is 24.2 Å². The summed E-state index contributed by atoms with van der Waals surface area (Å²) in [5, 5.41) is 2.97. The topological polar surface area (TPSA) is 61.9 Å². The number of nitrogens with one attached hydrogen (secondary N) is 1. The molecule has 0 aliphatic carbocycles. The quantitative estimate of drug-likeness (QED) is 0.772. The molecule has 0 bridgehead atoms. The molecule has 1 atom stereocenters. The van der Waals surface area contributed by atoms with E-state index in [4.69, 9.17) is 0 Å². The van der Waals surface area contributed by atoms with Gasteiger partial charge in [0.15, 0.2) is 0 Å². The van der Waals surface area contributed by atoms with Gasteiger partial charge in [0.2, 0.25) is 5.91 Å². The Kier molecular flexibility index (Phi) is 8.74. The van der Waals surface area contributed by atoms with Gasteiger partial charge in [0.05, 0.1) is 5.56 Å². The number of ether oxygens (including phenoxy) is 1. The van der Waals surface area contributed by atoms with E-state index in [9.17, 15) is 18.4 Å². The third kappa shape index (κ3) is 5.28. The molecule has 9 heteroatoms. The number of likely N-dealkylation sites (N-methyl/N-ethyl adjacent to an activating group) is 2. The van der Waals surface area contributed by atoms with E-state index in [0.29, 0.717) is 32.5 Å². The SMILES string of the molecule is CNCCN(C)C(=O)C1CCCN1C(=O)c1ccccc1OC(F)F.Cl. The Labute approximate surface area is 157 Å².